The predicted molar refractivity (Wildman–Crippen MR) is 25.9 cm³/mol. The van der Waals surface area contributed by atoms with Crippen LogP contribution in [0.1, 0.15) is 12.8 Å². The summed E-state index contributed by atoms with van der Waals surface area (Å²) in [6.07, 6.45) is 2.93. The molecule has 0 atom stereocenters. The van der Waals surface area contributed by atoms with E-state index >= 15 is 0 Å². The van der Waals surface area contributed by atoms with Gasteiger partial charge in [0, 0.05) is 0 Å². The monoisotopic (exact) mass is 129 g/mol. The summed E-state index contributed by atoms with van der Waals surface area (Å²) in [5.74, 6) is 0. The number of hydrogen-bond donors (Lipinski definition) is 0. The molecular formula is C4H7Ge. The minimum absolute atomic E-state index is 0.514. The predicted octanol–water partition coefficient (Wildman–Crippen LogP) is 0.705. The molecule has 1 heterocycles. The van der Waals surface area contributed by atoms with Gasteiger partial charge in [-0.2, -0.15) is 0 Å². The summed E-state index contributed by atoms with van der Waals surface area (Å²) in [7, 11) is 0. The fraction of sp³-hybridized carbons (Fsp3) is 0.750. The van der Waals surface area contributed by atoms with Gasteiger partial charge in [0.2, 0.25) is 0 Å². The summed E-state index contributed by atoms with van der Waals surface area (Å²) in [6, 6.07) is 0. The van der Waals surface area contributed by atoms with Gasteiger partial charge in [-0.05, 0) is 0 Å². The van der Waals surface area contributed by atoms with Gasteiger partial charge >= 0.3 is 37.9 Å². The maximum absolute atomic E-state index is 2.49. The Morgan fingerprint density at radius 2 is 2.60 bits per heavy atom. The molecule has 0 fully saturated rings. The van der Waals surface area contributed by atoms with Crippen LogP contribution >= 0.6 is 0 Å². The standard InChI is InChI=1S/C4H7Ge/c1-2-4-5-3-1/h3H,1-2,4H2. The van der Waals surface area contributed by atoms with Crippen LogP contribution in [0.2, 0.25) is 5.25 Å². The molecule has 0 aromatic heterocycles. The van der Waals surface area contributed by atoms with Crippen molar-refractivity contribution in [3.8, 4) is 0 Å². The summed E-state index contributed by atoms with van der Waals surface area (Å²) >= 11 is 0.514. The van der Waals surface area contributed by atoms with E-state index in [2.05, 4.69) is 4.85 Å². The van der Waals surface area contributed by atoms with E-state index in [9.17, 15) is 0 Å². The van der Waals surface area contributed by atoms with Crippen LogP contribution in [0.4, 0.5) is 0 Å². The third-order valence-electron chi connectivity index (χ3n) is 0.814. The Bertz CT molecular complexity index is 41.6. The average Bonchev–Trinajstić information content (AvgIpc) is 1.76. The second kappa shape index (κ2) is 1.75. The van der Waals surface area contributed by atoms with Crippen molar-refractivity contribution in [3.05, 3.63) is 0 Å². The van der Waals surface area contributed by atoms with Crippen molar-refractivity contribution in [2.24, 2.45) is 0 Å². The normalized spacial score (nSPS) is 20.8. The van der Waals surface area contributed by atoms with Crippen LogP contribution < -0.4 is 0 Å². The van der Waals surface area contributed by atoms with Gasteiger partial charge in [-0.3, -0.25) is 0 Å². The van der Waals surface area contributed by atoms with Crippen LogP contribution in [0.25, 0.3) is 0 Å². The molecule has 0 unspecified atom stereocenters. The van der Waals surface area contributed by atoms with Crippen molar-refractivity contribution >= 4 is 19.8 Å². The summed E-state index contributed by atoms with van der Waals surface area (Å²) in [5, 5.41) is 1.57. The van der Waals surface area contributed by atoms with Crippen LogP contribution in [0.3, 0.4) is 0 Å². The topological polar surface area (TPSA) is 0 Å². The molecule has 1 heteroatoms. The molecule has 0 aromatic carbocycles. The molecule has 0 aromatic rings. The molecule has 1 aliphatic rings. The molecule has 0 N–H and O–H groups in total. The first-order valence-electron chi connectivity index (χ1n) is 2.05. The Balaban J connectivity index is 2.32. The van der Waals surface area contributed by atoms with Crippen molar-refractivity contribution in [1.29, 1.82) is 0 Å². The van der Waals surface area contributed by atoms with Gasteiger partial charge in [0.1, 0.15) is 0 Å². The fourth-order valence-electron chi connectivity index (χ4n) is 0.510. The van der Waals surface area contributed by atoms with E-state index in [0.717, 1.165) is 0 Å². The summed E-state index contributed by atoms with van der Waals surface area (Å²) in [6.45, 7) is 0. The van der Waals surface area contributed by atoms with Crippen molar-refractivity contribution < 1.29 is 0 Å². The van der Waals surface area contributed by atoms with Crippen molar-refractivity contribution in [2.45, 2.75) is 18.1 Å². The summed E-state index contributed by atoms with van der Waals surface area (Å²) < 4.78 is 0. The first-order valence-corrected chi connectivity index (χ1v) is 4.75. The zero-order valence-corrected chi connectivity index (χ0v) is 5.30. The van der Waals surface area contributed by atoms with Gasteiger partial charge in [-0.15, -0.1) is 0 Å². The molecule has 0 spiro atoms. The minimum atomic E-state index is 0.514. The van der Waals surface area contributed by atoms with E-state index in [1.807, 2.05) is 0 Å². The second-order valence-electron chi connectivity index (χ2n) is 1.30. The van der Waals surface area contributed by atoms with Crippen LogP contribution in [-0.4, -0.2) is 19.8 Å². The van der Waals surface area contributed by atoms with Crippen molar-refractivity contribution in [1.82, 2.24) is 0 Å². The van der Waals surface area contributed by atoms with E-state index in [1.54, 1.807) is 5.25 Å². The molecule has 0 aliphatic carbocycles. The van der Waals surface area contributed by atoms with Gasteiger partial charge in [-0.25, -0.2) is 0 Å². The summed E-state index contributed by atoms with van der Waals surface area (Å²) in [4.78, 5) is 2.49. The molecule has 0 nitrogen and oxygen atoms in total. The molecule has 27 valence electrons. The van der Waals surface area contributed by atoms with Gasteiger partial charge in [-0.1, -0.05) is 0 Å². The SMILES string of the molecule is [CH]1=[Ge][CH2]CC1. The average molecular weight is 128 g/mol. The van der Waals surface area contributed by atoms with E-state index in [4.69, 9.17) is 0 Å². The molecule has 0 saturated heterocycles. The molecule has 5 heavy (non-hydrogen) atoms. The van der Waals surface area contributed by atoms with Crippen LogP contribution in [0, 0.1) is 0 Å². The Kier molecular flexibility index (Phi) is 1.26. The number of hydrogen-bond acceptors (Lipinski definition) is 0. The Morgan fingerprint density at radius 3 is 2.80 bits per heavy atom. The van der Waals surface area contributed by atoms with Crippen molar-refractivity contribution in [2.75, 3.05) is 0 Å². The van der Waals surface area contributed by atoms with E-state index in [-0.39, 0.29) is 0 Å². The third-order valence-corrected chi connectivity index (χ3v) is 3.37. The van der Waals surface area contributed by atoms with Gasteiger partial charge in [0.25, 0.3) is 0 Å². The van der Waals surface area contributed by atoms with Gasteiger partial charge < -0.3 is 0 Å². The zero-order chi connectivity index (χ0) is 3.54. The molecule has 1 rings (SSSR count). The first-order chi connectivity index (χ1) is 2.50. The molecule has 0 amide bonds. The van der Waals surface area contributed by atoms with Gasteiger partial charge in [0.05, 0.1) is 0 Å². The maximum atomic E-state index is 2.49. The van der Waals surface area contributed by atoms with Crippen LogP contribution in [0.15, 0.2) is 0 Å². The van der Waals surface area contributed by atoms with E-state index in [0.29, 0.717) is 15.0 Å². The molecule has 1 aliphatic heterocycles. The third kappa shape index (κ3) is 0.877. The molecule has 1 radical (unpaired) electrons. The Labute approximate surface area is 38.6 Å². The zero-order valence-electron chi connectivity index (χ0n) is 3.20. The van der Waals surface area contributed by atoms with Crippen molar-refractivity contribution in [3.63, 3.8) is 0 Å². The van der Waals surface area contributed by atoms with E-state index in [1.165, 1.54) is 12.8 Å². The number of rotatable bonds is 0. The Hall–Kier alpha value is 0.413. The second-order valence-corrected chi connectivity index (χ2v) is 4.06. The van der Waals surface area contributed by atoms with E-state index < -0.39 is 0 Å². The molecule has 0 bridgehead atoms. The fourth-order valence-corrected chi connectivity index (χ4v) is 2.65. The van der Waals surface area contributed by atoms with Gasteiger partial charge in [0.15, 0.2) is 0 Å². The molecule has 0 saturated carbocycles. The quantitative estimate of drug-likeness (QED) is 0.421. The summed E-state index contributed by atoms with van der Waals surface area (Å²) in [5.41, 5.74) is 0. The van der Waals surface area contributed by atoms with Crippen LogP contribution in [0.5, 0.6) is 0 Å². The molecular weight excluding hydrogens is 121 g/mol. The first kappa shape index (κ1) is 3.60. The Morgan fingerprint density at radius 1 is 1.60 bits per heavy atom. The van der Waals surface area contributed by atoms with Crippen LogP contribution in [-0.2, 0) is 0 Å².